The van der Waals surface area contributed by atoms with E-state index < -0.39 is 22.0 Å². The number of aromatic carboxylic acids is 1. The number of carboxylic acids is 1. The SMILES string of the molecule is COC(=O)c1ccc(NC2=C/C(=N/S(=O)(=O)c3ccc(C(=O)O)cc3)c3ccccc3C2=O)cc1. The summed E-state index contributed by atoms with van der Waals surface area (Å²) in [5, 5.41) is 12.0. The standard InChI is InChI=1S/C25H18N2O7S/c1-34-25(31)16-6-10-17(11-7-16)26-22-14-21(19-4-2-3-5-20(19)23(22)28)27-35(32,33)18-12-8-15(9-13-18)24(29)30/h2-14,26H,1H3,(H,29,30)/b27-21-. The normalized spacial score (nSPS) is 14.1. The van der Waals surface area contributed by atoms with Crippen LogP contribution in [0.1, 0.15) is 36.6 Å². The van der Waals surface area contributed by atoms with Crippen LogP contribution >= 0.6 is 0 Å². The molecular weight excluding hydrogens is 472 g/mol. The number of allylic oxidation sites excluding steroid dienone is 2. The number of sulfonamides is 1. The van der Waals surface area contributed by atoms with E-state index in [1.807, 2.05) is 0 Å². The van der Waals surface area contributed by atoms with Crippen molar-refractivity contribution in [1.29, 1.82) is 0 Å². The highest BCUT2D eigenvalue weighted by molar-refractivity contribution is 7.90. The molecule has 0 aliphatic heterocycles. The summed E-state index contributed by atoms with van der Waals surface area (Å²) < 4.78 is 34.5. The maximum atomic E-state index is 13.1. The van der Waals surface area contributed by atoms with Gasteiger partial charge in [-0.3, -0.25) is 4.79 Å². The second-order valence-electron chi connectivity index (χ2n) is 7.41. The fraction of sp³-hybridized carbons (Fsp3) is 0.0400. The summed E-state index contributed by atoms with van der Waals surface area (Å²) >= 11 is 0. The largest absolute Gasteiger partial charge is 0.478 e. The lowest BCUT2D eigenvalue weighted by Gasteiger charge is -2.19. The monoisotopic (exact) mass is 490 g/mol. The second-order valence-corrected chi connectivity index (χ2v) is 9.01. The van der Waals surface area contributed by atoms with Gasteiger partial charge in [-0.15, -0.1) is 0 Å². The molecule has 176 valence electrons. The van der Waals surface area contributed by atoms with Gasteiger partial charge in [0.15, 0.2) is 0 Å². The van der Waals surface area contributed by atoms with Crippen molar-refractivity contribution >= 4 is 39.1 Å². The van der Waals surface area contributed by atoms with Crippen LogP contribution < -0.4 is 5.32 Å². The number of methoxy groups -OCH3 is 1. The molecule has 4 rings (SSSR count). The van der Waals surface area contributed by atoms with Gasteiger partial charge in [0, 0.05) is 16.8 Å². The summed E-state index contributed by atoms with van der Waals surface area (Å²) in [4.78, 5) is 35.6. The molecule has 10 heteroatoms. The Morgan fingerprint density at radius 2 is 1.49 bits per heavy atom. The van der Waals surface area contributed by atoms with Crippen molar-refractivity contribution in [1.82, 2.24) is 0 Å². The van der Waals surface area contributed by atoms with E-state index in [4.69, 9.17) is 5.11 Å². The molecule has 2 N–H and O–H groups in total. The summed E-state index contributed by atoms with van der Waals surface area (Å²) in [5.74, 6) is -2.05. The molecule has 0 aromatic heterocycles. The Hall–Kier alpha value is -4.57. The first-order valence-electron chi connectivity index (χ1n) is 10.2. The van der Waals surface area contributed by atoms with E-state index in [1.165, 1.54) is 37.5 Å². The number of esters is 1. The van der Waals surface area contributed by atoms with Crippen LogP contribution in [-0.2, 0) is 14.8 Å². The highest BCUT2D eigenvalue weighted by atomic mass is 32.2. The number of carbonyl (C=O) groups is 3. The smallest absolute Gasteiger partial charge is 0.337 e. The topological polar surface area (TPSA) is 139 Å². The predicted molar refractivity (Wildman–Crippen MR) is 127 cm³/mol. The van der Waals surface area contributed by atoms with Gasteiger partial charge in [0.2, 0.25) is 5.78 Å². The number of carbonyl (C=O) groups excluding carboxylic acids is 2. The number of anilines is 1. The zero-order valence-corrected chi connectivity index (χ0v) is 19.1. The van der Waals surface area contributed by atoms with Gasteiger partial charge in [-0.2, -0.15) is 12.8 Å². The zero-order valence-electron chi connectivity index (χ0n) is 18.3. The van der Waals surface area contributed by atoms with Gasteiger partial charge in [-0.1, -0.05) is 24.3 Å². The molecule has 9 nitrogen and oxygen atoms in total. The van der Waals surface area contributed by atoms with Crippen LogP contribution in [0.3, 0.4) is 0 Å². The van der Waals surface area contributed by atoms with E-state index >= 15 is 0 Å². The first-order chi connectivity index (χ1) is 16.7. The van der Waals surface area contributed by atoms with E-state index in [9.17, 15) is 22.8 Å². The second kappa shape index (κ2) is 9.35. The maximum Gasteiger partial charge on any atom is 0.337 e. The summed E-state index contributed by atoms with van der Waals surface area (Å²) in [5.41, 5.74) is 1.49. The highest BCUT2D eigenvalue weighted by Crippen LogP contribution is 2.25. The highest BCUT2D eigenvalue weighted by Gasteiger charge is 2.26. The van der Waals surface area contributed by atoms with Gasteiger partial charge < -0.3 is 15.2 Å². The quantitative estimate of drug-likeness (QED) is 0.500. The number of nitrogens with one attached hydrogen (secondary N) is 1. The van der Waals surface area contributed by atoms with Crippen LogP contribution in [0, 0.1) is 0 Å². The van der Waals surface area contributed by atoms with E-state index in [0.717, 1.165) is 12.1 Å². The van der Waals surface area contributed by atoms with Gasteiger partial charge in [-0.05, 0) is 54.6 Å². The molecule has 1 aliphatic carbocycles. The molecule has 0 bridgehead atoms. The van der Waals surface area contributed by atoms with Crippen molar-refractivity contribution in [3.8, 4) is 0 Å². The number of hydrogen-bond acceptors (Lipinski definition) is 7. The van der Waals surface area contributed by atoms with Crippen LogP contribution in [0.25, 0.3) is 0 Å². The molecule has 35 heavy (non-hydrogen) atoms. The third-order valence-corrected chi connectivity index (χ3v) is 6.48. The Labute approximate surface area is 200 Å². The fourth-order valence-corrected chi connectivity index (χ4v) is 4.41. The molecule has 1 aliphatic rings. The predicted octanol–water partition coefficient (Wildman–Crippen LogP) is 3.54. The summed E-state index contributed by atoms with van der Waals surface area (Å²) in [6.45, 7) is 0. The Bertz CT molecular complexity index is 1500. The first kappa shape index (κ1) is 23.6. The van der Waals surface area contributed by atoms with E-state index in [1.54, 1.807) is 36.4 Å². The zero-order chi connectivity index (χ0) is 25.2. The number of benzene rings is 3. The lowest BCUT2D eigenvalue weighted by atomic mass is 9.92. The molecule has 0 amide bonds. The number of ketones is 1. The average molecular weight is 490 g/mol. The van der Waals surface area contributed by atoms with E-state index in [-0.39, 0.29) is 33.2 Å². The van der Waals surface area contributed by atoms with Crippen molar-refractivity contribution in [2.24, 2.45) is 4.40 Å². The van der Waals surface area contributed by atoms with Crippen LogP contribution in [0.2, 0.25) is 0 Å². The van der Waals surface area contributed by atoms with Gasteiger partial charge in [0.1, 0.15) is 0 Å². The molecule has 3 aromatic carbocycles. The minimum Gasteiger partial charge on any atom is -0.478 e. The Balaban J connectivity index is 1.73. The number of fused-ring (bicyclic) bond motifs is 1. The van der Waals surface area contributed by atoms with Gasteiger partial charge in [-0.25, -0.2) is 9.59 Å². The number of carboxylic acid groups (broad SMARTS) is 1. The Kier molecular flexibility index (Phi) is 6.30. The van der Waals surface area contributed by atoms with Crippen molar-refractivity contribution in [3.63, 3.8) is 0 Å². The molecule has 0 unspecified atom stereocenters. The number of nitrogens with zero attached hydrogens (tertiary/aromatic N) is 1. The number of ether oxygens (including phenoxy) is 1. The van der Waals surface area contributed by atoms with Crippen LogP contribution in [-0.4, -0.2) is 44.1 Å². The third kappa shape index (κ3) is 4.87. The minimum atomic E-state index is -4.22. The lowest BCUT2D eigenvalue weighted by Crippen LogP contribution is -2.22. The molecule has 0 heterocycles. The van der Waals surface area contributed by atoms with Crippen molar-refractivity contribution in [2.75, 3.05) is 12.4 Å². The molecular formula is C25H18N2O7S. The molecule has 0 saturated carbocycles. The van der Waals surface area contributed by atoms with Gasteiger partial charge in [0.05, 0.1) is 34.5 Å². The molecule has 0 spiro atoms. The number of Topliss-reactive ketones (excluding diaryl/α,β-unsaturated/α-hetero) is 1. The molecule has 0 saturated heterocycles. The van der Waals surface area contributed by atoms with E-state index in [2.05, 4.69) is 14.5 Å². The Morgan fingerprint density at radius 1 is 0.886 bits per heavy atom. The molecule has 0 fully saturated rings. The first-order valence-corrected chi connectivity index (χ1v) is 11.6. The fourth-order valence-electron chi connectivity index (χ4n) is 3.41. The lowest BCUT2D eigenvalue weighted by molar-refractivity contribution is 0.0599. The average Bonchev–Trinajstić information content (AvgIpc) is 2.86. The summed E-state index contributed by atoms with van der Waals surface area (Å²) in [6, 6.07) is 17.4. The summed E-state index contributed by atoms with van der Waals surface area (Å²) in [7, 11) is -2.95. The maximum absolute atomic E-state index is 13.1. The van der Waals surface area contributed by atoms with Gasteiger partial charge in [0.25, 0.3) is 10.0 Å². The third-order valence-electron chi connectivity index (χ3n) is 5.18. The minimum absolute atomic E-state index is 0.0381. The van der Waals surface area contributed by atoms with Crippen molar-refractivity contribution in [2.45, 2.75) is 4.90 Å². The Morgan fingerprint density at radius 3 is 2.09 bits per heavy atom. The van der Waals surface area contributed by atoms with Crippen LogP contribution in [0.5, 0.6) is 0 Å². The van der Waals surface area contributed by atoms with Gasteiger partial charge >= 0.3 is 11.9 Å². The number of rotatable bonds is 6. The molecule has 3 aromatic rings. The molecule has 0 radical (unpaired) electrons. The summed E-state index contributed by atoms with van der Waals surface area (Å²) in [6.07, 6.45) is 1.34. The number of hydrogen-bond donors (Lipinski definition) is 2. The molecule has 0 atom stereocenters. The van der Waals surface area contributed by atoms with Crippen molar-refractivity contribution < 1.29 is 32.6 Å². The van der Waals surface area contributed by atoms with Crippen molar-refractivity contribution in [3.05, 3.63) is 107 Å². The van der Waals surface area contributed by atoms with E-state index in [0.29, 0.717) is 16.8 Å². The van der Waals surface area contributed by atoms with Crippen LogP contribution in [0.4, 0.5) is 5.69 Å². The van der Waals surface area contributed by atoms with Crippen LogP contribution in [0.15, 0.2) is 93.9 Å².